The Hall–Kier alpha value is -2.28. The number of aryl methyl sites for hydroxylation is 1. The van der Waals surface area contributed by atoms with Gasteiger partial charge in [-0.15, -0.1) is 0 Å². The first-order chi connectivity index (χ1) is 14.1. The molecule has 30 heavy (non-hydrogen) atoms. The van der Waals surface area contributed by atoms with Crippen LogP contribution in [0.2, 0.25) is 0 Å². The summed E-state index contributed by atoms with van der Waals surface area (Å²) in [7, 11) is 0. The molecule has 0 fully saturated rings. The van der Waals surface area contributed by atoms with Gasteiger partial charge in [-0.25, -0.2) is 4.98 Å². The number of carbonyl (C=O) groups excluding carboxylic acids is 1. The highest BCUT2D eigenvalue weighted by Gasteiger charge is 2.32. The molecule has 3 rings (SSSR count). The number of rotatable bonds is 5. The number of benzene rings is 2. The number of carbonyl (C=O) groups is 1. The fourth-order valence-corrected chi connectivity index (χ4v) is 3.07. The van der Waals surface area contributed by atoms with Crippen molar-refractivity contribution in [3.63, 3.8) is 0 Å². The molecule has 1 heterocycles. The standard InChI is InChI=1S/C21H20Cl3N3O3/c1-12(2)14-9-8-13(3)10-17(14)30-11-18-25-16-7-5-4-6-15(16)19(28)27(18)26-20(29)21(22,23)24/h4-10,12H,11H2,1-3H3,(H,26,29). The largest absolute Gasteiger partial charge is 0.485 e. The zero-order chi connectivity index (χ0) is 22.1. The first-order valence-corrected chi connectivity index (χ1v) is 10.3. The monoisotopic (exact) mass is 467 g/mol. The van der Waals surface area contributed by atoms with Crippen LogP contribution in [0.5, 0.6) is 5.75 Å². The van der Waals surface area contributed by atoms with Crippen LogP contribution in [-0.4, -0.2) is 19.4 Å². The molecule has 0 aliphatic rings. The molecule has 0 spiro atoms. The molecule has 0 aliphatic heterocycles. The molecule has 0 aliphatic carbocycles. The lowest BCUT2D eigenvalue weighted by Gasteiger charge is -2.19. The van der Waals surface area contributed by atoms with E-state index in [0.29, 0.717) is 16.7 Å². The van der Waals surface area contributed by atoms with Gasteiger partial charge < -0.3 is 4.74 Å². The molecule has 1 amide bonds. The summed E-state index contributed by atoms with van der Waals surface area (Å²) in [4.78, 5) is 29.7. The number of nitrogens with one attached hydrogen (secondary N) is 1. The third kappa shape index (κ3) is 4.89. The van der Waals surface area contributed by atoms with Crippen LogP contribution >= 0.6 is 34.8 Å². The van der Waals surface area contributed by atoms with Gasteiger partial charge in [-0.3, -0.25) is 15.0 Å². The topological polar surface area (TPSA) is 73.2 Å². The maximum atomic E-state index is 13.0. The number of alkyl halides is 3. The molecule has 0 saturated heterocycles. The Bertz CT molecular complexity index is 1150. The van der Waals surface area contributed by atoms with Crippen LogP contribution in [0.4, 0.5) is 0 Å². The summed E-state index contributed by atoms with van der Waals surface area (Å²) in [6.45, 7) is 6.00. The Morgan fingerprint density at radius 3 is 2.57 bits per heavy atom. The van der Waals surface area contributed by atoms with E-state index in [1.807, 2.05) is 25.1 Å². The summed E-state index contributed by atoms with van der Waals surface area (Å²) in [6.07, 6.45) is 0. The van der Waals surface area contributed by atoms with Crippen molar-refractivity contribution in [2.75, 3.05) is 5.43 Å². The van der Waals surface area contributed by atoms with Crippen LogP contribution in [0.1, 0.15) is 36.7 Å². The van der Waals surface area contributed by atoms with Crippen LogP contribution < -0.4 is 15.7 Å². The van der Waals surface area contributed by atoms with Crippen LogP contribution in [0.15, 0.2) is 47.3 Å². The average Bonchev–Trinajstić information content (AvgIpc) is 2.67. The fourth-order valence-electron chi connectivity index (χ4n) is 2.94. The quantitative estimate of drug-likeness (QED) is 0.543. The lowest BCUT2D eigenvalue weighted by molar-refractivity contribution is -0.116. The number of halogens is 3. The molecular formula is C21H20Cl3N3O3. The Labute approximate surface area is 188 Å². The van der Waals surface area contributed by atoms with E-state index < -0.39 is 15.3 Å². The predicted molar refractivity (Wildman–Crippen MR) is 120 cm³/mol. The van der Waals surface area contributed by atoms with Crippen molar-refractivity contribution in [1.82, 2.24) is 9.66 Å². The summed E-state index contributed by atoms with van der Waals surface area (Å²) in [5.74, 6) is 0.0898. The van der Waals surface area contributed by atoms with Crippen LogP contribution in [0.25, 0.3) is 10.9 Å². The molecule has 9 heteroatoms. The number of hydrogen-bond acceptors (Lipinski definition) is 4. The number of amides is 1. The van der Waals surface area contributed by atoms with E-state index in [0.717, 1.165) is 15.8 Å². The highest BCUT2D eigenvalue weighted by molar-refractivity contribution is 6.76. The van der Waals surface area contributed by atoms with E-state index in [-0.39, 0.29) is 18.3 Å². The molecule has 0 radical (unpaired) electrons. The highest BCUT2D eigenvalue weighted by atomic mass is 35.6. The van der Waals surface area contributed by atoms with E-state index in [9.17, 15) is 9.59 Å². The predicted octanol–water partition coefficient (Wildman–Crippen LogP) is 4.85. The first kappa shape index (κ1) is 22.4. The van der Waals surface area contributed by atoms with E-state index in [1.165, 1.54) is 0 Å². The van der Waals surface area contributed by atoms with Crippen molar-refractivity contribution in [1.29, 1.82) is 0 Å². The minimum atomic E-state index is -2.25. The van der Waals surface area contributed by atoms with Gasteiger partial charge in [0, 0.05) is 0 Å². The molecule has 2 aromatic carbocycles. The molecule has 0 unspecified atom stereocenters. The zero-order valence-corrected chi connectivity index (χ0v) is 18.8. The van der Waals surface area contributed by atoms with Gasteiger partial charge in [0.2, 0.25) is 0 Å². The van der Waals surface area contributed by atoms with E-state index in [1.54, 1.807) is 24.3 Å². The van der Waals surface area contributed by atoms with Crippen LogP contribution in [-0.2, 0) is 11.4 Å². The van der Waals surface area contributed by atoms with Crippen molar-refractivity contribution in [3.05, 3.63) is 69.8 Å². The minimum Gasteiger partial charge on any atom is -0.485 e. The normalized spacial score (nSPS) is 11.7. The second-order valence-corrected chi connectivity index (χ2v) is 9.39. The molecule has 0 bridgehead atoms. The Balaban J connectivity index is 2.04. The Morgan fingerprint density at radius 1 is 1.20 bits per heavy atom. The van der Waals surface area contributed by atoms with Gasteiger partial charge in [-0.1, -0.05) is 72.9 Å². The molecule has 158 valence electrons. The van der Waals surface area contributed by atoms with E-state index in [2.05, 4.69) is 24.3 Å². The first-order valence-electron chi connectivity index (χ1n) is 9.20. The molecular weight excluding hydrogens is 449 g/mol. The van der Waals surface area contributed by atoms with Gasteiger partial charge >= 0.3 is 0 Å². The number of para-hydroxylation sites is 1. The number of nitrogens with zero attached hydrogens (tertiary/aromatic N) is 2. The van der Waals surface area contributed by atoms with Gasteiger partial charge in [-0.05, 0) is 42.2 Å². The number of aromatic nitrogens is 2. The van der Waals surface area contributed by atoms with Crippen molar-refractivity contribution in [2.24, 2.45) is 0 Å². The van der Waals surface area contributed by atoms with Gasteiger partial charge in [0.05, 0.1) is 10.9 Å². The number of hydrogen-bond donors (Lipinski definition) is 1. The van der Waals surface area contributed by atoms with Crippen molar-refractivity contribution in [2.45, 2.75) is 37.1 Å². The van der Waals surface area contributed by atoms with Crippen molar-refractivity contribution >= 4 is 51.6 Å². The molecule has 0 saturated carbocycles. The maximum absolute atomic E-state index is 13.0. The Kier molecular flexibility index (Phi) is 6.60. The second-order valence-electron chi connectivity index (χ2n) is 7.11. The van der Waals surface area contributed by atoms with Gasteiger partial charge in [0.25, 0.3) is 15.3 Å². The van der Waals surface area contributed by atoms with Gasteiger partial charge in [0.15, 0.2) is 5.82 Å². The van der Waals surface area contributed by atoms with Crippen LogP contribution in [0.3, 0.4) is 0 Å². The zero-order valence-electron chi connectivity index (χ0n) is 16.6. The van der Waals surface area contributed by atoms with Gasteiger partial charge in [-0.2, -0.15) is 4.68 Å². The smallest absolute Gasteiger partial charge is 0.291 e. The summed E-state index contributed by atoms with van der Waals surface area (Å²) in [6, 6.07) is 12.7. The van der Waals surface area contributed by atoms with Crippen molar-refractivity contribution < 1.29 is 9.53 Å². The molecule has 1 aromatic heterocycles. The second kappa shape index (κ2) is 8.84. The SMILES string of the molecule is Cc1ccc(C(C)C)c(OCc2nc3ccccc3c(=O)n2NC(=O)C(Cl)(Cl)Cl)c1. The highest BCUT2D eigenvalue weighted by Crippen LogP contribution is 2.28. The fraction of sp³-hybridized carbons (Fsp3) is 0.286. The third-order valence-corrected chi connectivity index (χ3v) is 4.98. The Morgan fingerprint density at radius 2 is 1.90 bits per heavy atom. The summed E-state index contributed by atoms with van der Waals surface area (Å²) >= 11 is 17.0. The molecule has 3 aromatic rings. The molecule has 0 atom stereocenters. The molecule has 6 nitrogen and oxygen atoms in total. The lowest BCUT2D eigenvalue weighted by Crippen LogP contribution is -2.41. The van der Waals surface area contributed by atoms with Gasteiger partial charge in [0.1, 0.15) is 12.4 Å². The summed E-state index contributed by atoms with van der Waals surface area (Å²) < 4.78 is 4.71. The number of fused-ring (bicyclic) bond motifs is 1. The van der Waals surface area contributed by atoms with Crippen LogP contribution in [0, 0.1) is 6.92 Å². The third-order valence-electron chi connectivity index (χ3n) is 4.46. The van der Waals surface area contributed by atoms with E-state index >= 15 is 0 Å². The summed E-state index contributed by atoms with van der Waals surface area (Å²) in [5, 5.41) is 0.310. The minimum absolute atomic E-state index is 0.0800. The van der Waals surface area contributed by atoms with Crippen molar-refractivity contribution in [3.8, 4) is 5.75 Å². The lowest BCUT2D eigenvalue weighted by atomic mass is 10.0. The van der Waals surface area contributed by atoms with E-state index in [4.69, 9.17) is 39.5 Å². The maximum Gasteiger partial charge on any atom is 0.291 e. The summed E-state index contributed by atoms with van der Waals surface area (Å²) in [5.41, 5.74) is 4.33. The molecule has 1 N–H and O–H groups in total. The average molecular weight is 469 g/mol. The number of ether oxygens (including phenoxy) is 1.